The molecule has 0 aliphatic rings. The smallest absolute Gasteiger partial charge is 0.259 e. The molecule has 0 saturated carbocycles. The third-order valence-corrected chi connectivity index (χ3v) is 3.43. The van der Waals surface area contributed by atoms with Crippen molar-refractivity contribution in [2.45, 2.75) is 6.92 Å². The van der Waals surface area contributed by atoms with E-state index in [2.05, 4.69) is 9.97 Å². The van der Waals surface area contributed by atoms with Gasteiger partial charge in [0, 0.05) is 5.56 Å². The molecule has 0 aliphatic carbocycles. The largest absolute Gasteiger partial charge is 0.306 e. The number of rotatable bonds is 1. The lowest BCUT2D eigenvalue weighted by atomic mass is 10.1. The highest BCUT2D eigenvalue weighted by Gasteiger charge is 2.11. The predicted molar refractivity (Wildman–Crippen MR) is 77.5 cm³/mol. The van der Waals surface area contributed by atoms with Crippen LogP contribution in [0.4, 0.5) is 4.39 Å². The van der Waals surface area contributed by atoms with Crippen LogP contribution in [0, 0.1) is 12.7 Å². The predicted octanol–water partition coefficient (Wildman–Crippen LogP) is 3.69. The molecule has 3 aromatic rings. The van der Waals surface area contributed by atoms with Crippen LogP contribution in [0.15, 0.2) is 41.2 Å². The van der Waals surface area contributed by atoms with Crippen LogP contribution in [0.1, 0.15) is 5.56 Å². The van der Waals surface area contributed by atoms with Crippen LogP contribution in [-0.4, -0.2) is 9.97 Å². The molecule has 1 heterocycles. The molecule has 1 N–H and O–H groups in total. The van der Waals surface area contributed by atoms with E-state index in [0.29, 0.717) is 27.9 Å². The summed E-state index contributed by atoms with van der Waals surface area (Å²) in [6.45, 7) is 1.63. The molecular formula is C15H10ClFN2O. The molecule has 5 heteroatoms. The van der Waals surface area contributed by atoms with Crippen molar-refractivity contribution in [1.82, 2.24) is 9.97 Å². The summed E-state index contributed by atoms with van der Waals surface area (Å²) in [6.07, 6.45) is 0. The van der Waals surface area contributed by atoms with Crippen molar-refractivity contribution in [3.05, 3.63) is 63.2 Å². The third kappa shape index (κ3) is 2.08. The second kappa shape index (κ2) is 4.72. The van der Waals surface area contributed by atoms with Gasteiger partial charge in [-0.2, -0.15) is 0 Å². The van der Waals surface area contributed by atoms with Crippen molar-refractivity contribution in [2.24, 2.45) is 0 Å². The number of para-hydroxylation sites is 1. The lowest BCUT2D eigenvalue weighted by Crippen LogP contribution is -2.09. The van der Waals surface area contributed by atoms with Gasteiger partial charge in [-0.25, -0.2) is 9.37 Å². The first kappa shape index (κ1) is 12.8. The molecule has 1 aromatic heterocycles. The maximum Gasteiger partial charge on any atom is 0.259 e. The number of H-pyrrole nitrogens is 1. The minimum absolute atomic E-state index is 0.214. The summed E-state index contributed by atoms with van der Waals surface area (Å²) < 4.78 is 13.4. The van der Waals surface area contributed by atoms with Gasteiger partial charge in [0.1, 0.15) is 11.6 Å². The summed E-state index contributed by atoms with van der Waals surface area (Å²) in [5.41, 5.74) is 1.28. The Kier molecular flexibility index (Phi) is 3.03. The average Bonchev–Trinajstić information content (AvgIpc) is 2.43. The van der Waals surface area contributed by atoms with Gasteiger partial charge in [0.15, 0.2) is 0 Å². The van der Waals surface area contributed by atoms with E-state index in [1.807, 2.05) is 0 Å². The second-order valence-electron chi connectivity index (χ2n) is 4.51. The molecule has 3 nitrogen and oxygen atoms in total. The van der Waals surface area contributed by atoms with Gasteiger partial charge in [-0.15, -0.1) is 0 Å². The maximum atomic E-state index is 13.4. The topological polar surface area (TPSA) is 45.8 Å². The van der Waals surface area contributed by atoms with Gasteiger partial charge >= 0.3 is 0 Å². The summed E-state index contributed by atoms with van der Waals surface area (Å²) in [5, 5.41) is 0.720. The molecule has 3 rings (SSSR count). The Labute approximate surface area is 119 Å². The van der Waals surface area contributed by atoms with Crippen LogP contribution < -0.4 is 5.56 Å². The van der Waals surface area contributed by atoms with Crippen LogP contribution in [0.3, 0.4) is 0 Å². The zero-order valence-corrected chi connectivity index (χ0v) is 11.3. The molecular weight excluding hydrogens is 279 g/mol. The van der Waals surface area contributed by atoms with E-state index < -0.39 is 0 Å². The van der Waals surface area contributed by atoms with E-state index >= 15 is 0 Å². The maximum absolute atomic E-state index is 13.4. The fraction of sp³-hybridized carbons (Fsp3) is 0.0667. The van der Waals surface area contributed by atoms with Crippen molar-refractivity contribution >= 4 is 22.5 Å². The number of halogens is 2. The molecule has 0 bridgehead atoms. The Balaban J connectivity index is 2.30. The highest BCUT2D eigenvalue weighted by molar-refractivity contribution is 6.33. The summed E-state index contributed by atoms with van der Waals surface area (Å²) in [7, 11) is 0. The van der Waals surface area contributed by atoms with E-state index in [1.54, 1.807) is 37.3 Å². The van der Waals surface area contributed by atoms with Crippen molar-refractivity contribution in [3.63, 3.8) is 0 Å². The van der Waals surface area contributed by atoms with Gasteiger partial charge in [0.25, 0.3) is 5.56 Å². The van der Waals surface area contributed by atoms with Crippen molar-refractivity contribution in [1.29, 1.82) is 0 Å². The van der Waals surface area contributed by atoms with Gasteiger partial charge < -0.3 is 4.98 Å². The minimum Gasteiger partial charge on any atom is -0.306 e. The third-order valence-electron chi connectivity index (χ3n) is 3.12. The average molecular weight is 289 g/mol. The highest BCUT2D eigenvalue weighted by Crippen LogP contribution is 2.28. The van der Waals surface area contributed by atoms with Crippen LogP contribution in [0.5, 0.6) is 0 Å². The van der Waals surface area contributed by atoms with E-state index in [9.17, 15) is 9.18 Å². The molecule has 0 radical (unpaired) electrons. The monoisotopic (exact) mass is 288 g/mol. The van der Waals surface area contributed by atoms with Gasteiger partial charge in [-0.1, -0.05) is 23.7 Å². The van der Waals surface area contributed by atoms with Crippen LogP contribution >= 0.6 is 11.6 Å². The van der Waals surface area contributed by atoms with Gasteiger partial charge in [-0.3, -0.25) is 4.79 Å². The van der Waals surface area contributed by atoms with Crippen molar-refractivity contribution < 1.29 is 4.39 Å². The summed E-state index contributed by atoms with van der Waals surface area (Å²) >= 11 is 6.04. The number of aromatic nitrogens is 2. The van der Waals surface area contributed by atoms with E-state index in [-0.39, 0.29) is 16.4 Å². The molecule has 0 amide bonds. The molecule has 2 aromatic carbocycles. The van der Waals surface area contributed by atoms with Gasteiger partial charge in [0.05, 0.1) is 15.9 Å². The van der Waals surface area contributed by atoms with Crippen LogP contribution in [0.2, 0.25) is 5.02 Å². The molecule has 100 valence electrons. The fourth-order valence-corrected chi connectivity index (χ4v) is 2.29. The second-order valence-corrected chi connectivity index (χ2v) is 4.92. The Morgan fingerprint density at radius 2 is 2.00 bits per heavy atom. The number of nitrogens with one attached hydrogen (secondary N) is 1. The van der Waals surface area contributed by atoms with E-state index in [1.165, 1.54) is 6.07 Å². The molecule has 0 fully saturated rings. The SMILES string of the molecule is Cc1cc(-c2nc3ccccc3c(=O)[nH]2)c(Cl)cc1F. The van der Waals surface area contributed by atoms with E-state index in [0.717, 1.165) is 0 Å². The summed E-state index contributed by atoms with van der Waals surface area (Å²) in [5.74, 6) is -0.0521. The van der Waals surface area contributed by atoms with Crippen LogP contribution in [0.25, 0.3) is 22.3 Å². The normalized spacial score (nSPS) is 10.9. The van der Waals surface area contributed by atoms with Gasteiger partial charge in [0.2, 0.25) is 0 Å². The molecule has 20 heavy (non-hydrogen) atoms. The Morgan fingerprint density at radius 3 is 2.80 bits per heavy atom. The first-order valence-corrected chi connectivity index (χ1v) is 6.39. The molecule has 0 aliphatic heterocycles. The zero-order valence-electron chi connectivity index (χ0n) is 10.6. The first-order chi connectivity index (χ1) is 9.56. The summed E-state index contributed by atoms with van der Waals surface area (Å²) in [6, 6.07) is 9.82. The highest BCUT2D eigenvalue weighted by atomic mass is 35.5. The molecule has 0 saturated heterocycles. The number of fused-ring (bicyclic) bond motifs is 1. The lowest BCUT2D eigenvalue weighted by Gasteiger charge is -2.07. The molecule has 0 atom stereocenters. The molecule has 0 spiro atoms. The number of hydrogen-bond acceptors (Lipinski definition) is 2. The number of hydrogen-bond donors (Lipinski definition) is 1. The fourth-order valence-electron chi connectivity index (χ4n) is 2.05. The number of aryl methyl sites for hydroxylation is 1. The van der Waals surface area contributed by atoms with Crippen LogP contribution in [-0.2, 0) is 0 Å². The Morgan fingerprint density at radius 1 is 1.25 bits per heavy atom. The standard InChI is InChI=1S/C15H10ClFN2O/c1-8-6-10(11(16)7-12(8)17)14-18-13-5-3-2-4-9(13)15(20)19-14/h2-7H,1H3,(H,18,19,20). The summed E-state index contributed by atoms with van der Waals surface area (Å²) in [4.78, 5) is 19.1. The van der Waals surface area contributed by atoms with Crippen molar-refractivity contribution in [2.75, 3.05) is 0 Å². The number of nitrogens with zero attached hydrogens (tertiary/aromatic N) is 1. The quantitative estimate of drug-likeness (QED) is 0.742. The number of aromatic amines is 1. The van der Waals surface area contributed by atoms with Gasteiger partial charge in [-0.05, 0) is 36.8 Å². The number of benzene rings is 2. The Hall–Kier alpha value is -2.20. The van der Waals surface area contributed by atoms with E-state index in [4.69, 9.17) is 11.6 Å². The molecule has 0 unspecified atom stereocenters. The zero-order chi connectivity index (χ0) is 14.3. The Bertz CT molecular complexity index is 873. The first-order valence-electron chi connectivity index (χ1n) is 6.01. The van der Waals surface area contributed by atoms with Crippen molar-refractivity contribution in [3.8, 4) is 11.4 Å². The minimum atomic E-state index is -0.387. The lowest BCUT2D eigenvalue weighted by molar-refractivity contribution is 0.619.